The van der Waals surface area contributed by atoms with Crippen molar-refractivity contribution in [3.8, 4) is 22.3 Å². The van der Waals surface area contributed by atoms with E-state index < -0.39 is 0 Å². The first-order chi connectivity index (χ1) is 14.1. The summed E-state index contributed by atoms with van der Waals surface area (Å²) in [4.78, 5) is 0. The Balaban J connectivity index is 1.59. The zero-order valence-corrected chi connectivity index (χ0v) is 16.5. The molecule has 0 bridgehead atoms. The monoisotopic (exact) mass is 372 g/mol. The largest absolute Gasteiger partial charge is 0.455 e. The van der Waals surface area contributed by atoms with Crippen molar-refractivity contribution in [1.82, 2.24) is 0 Å². The van der Waals surface area contributed by atoms with Crippen LogP contribution in [0.1, 0.15) is 36.1 Å². The average molecular weight is 372 g/mol. The Hall–Kier alpha value is -3.32. The molecule has 1 heteroatoms. The molecule has 0 N–H and O–H groups in total. The van der Waals surface area contributed by atoms with E-state index in [0.29, 0.717) is 0 Å². The quantitative estimate of drug-likeness (QED) is 0.270. The van der Waals surface area contributed by atoms with Crippen LogP contribution < -0.4 is 0 Å². The first kappa shape index (κ1) is 15.6. The molecule has 0 atom stereocenters. The van der Waals surface area contributed by atoms with Crippen LogP contribution in [0.25, 0.3) is 44.2 Å². The second-order valence-corrected chi connectivity index (χ2v) is 8.98. The van der Waals surface area contributed by atoms with Crippen LogP contribution in [0.5, 0.6) is 0 Å². The SMILES string of the molecule is CC1(C)c2cc3c(cc2-c2c1ccc1c2oc2ccccc21)Cc1ccccc1-3. The molecule has 1 aromatic heterocycles. The van der Waals surface area contributed by atoms with Gasteiger partial charge in [-0.3, -0.25) is 0 Å². The van der Waals surface area contributed by atoms with Gasteiger partial charge in [-0.05, 0) is 63.6 Å². The number of furan rings is 1. The molecule has 0 fully saturated rings. The Morgan fingerprint density at radius 3 is 2.45 bits per heavy atom. The van der Waals surface area contributed by atoms with Gasteiger partial charge in [-0.2, -0.15) is 0 Å². The summed E-state index contributed by atoms with van der Waals surface area (Å²) in [5, 5.41) is 2.41. The Bertz CT molecular complexity index is 1500. The summed E-state index contributed by atoms with van der Waals surface area (Å²) in [6, 6.07) is 26.6. The van der Waals surface area contributed by atoms with Crippen LogP contribution in [0.4, 0.5) is 0 Å². The Morgan fingerprint density at radius 1 is 0.690 bits per heavy atom. The van der Waals surface area contributed by atoms with E-state index in [9.17, 15) is 0 Å². The minimum Gasteiger partial charge on any atom is -0.455 e. The number of rotatable bonds is 0. The number of benzene rings is 4. The Morgan fingerprint density at radius 2 is 1.52 bits per heavy atom. The molecule has 5 aromatic rings. The lowest BCUT2D eigenvalue weighted by Crippen LogP contribution is -2.15. The third-order valence-electron chi connectivity index (χ3n) is 7.09. The molecule has 2 aliphatic rings. The minimum absolute atomic E-state index is 0.0373. The van der Waals surface area contributed by atoms with Crippen molar-refractivity contribution in [3.63, 3.8) is 0 Å². The standard InChI is InChI=1S/C28H20O/c1-28(2)23-12-11-20-19-9-5-6-10-25(19)29-27(20)26(23)22-14-17-13-16-7-3-4-8-18(16)21(17)15-24(22)28/h3-12,14-15H,13H2,1-2H3. The van der Waals surface area contributed by atoms with Crippen molar-refractivity contribution in [2.45, 2.75) is 25.7 Å². The van der Waals surface area contributed by atoms with E-state index in [0.717, 1.165) is 17.6 Å². The highest BCUT2D eigenvalue weighted by molar-refractivity contribution is 6.12. The number of hydrogen-bond acceptors (Lipinski definition) is 1. The van der Waals surface area contributed by atoms with Gasteiger partial charge in [-0.25, -0.2) is 0 Å². The molecule has 0 amide bonds. The average Bonchev–Trinajstić information content (AvgIpc) is 3.35. The van der Waals surface area contributed by atoms with Gasteiger partial charge >= 0.3 is 0 Å². The summed E-state index contributed by atoms with van der Waals surface area (Å²) in [6.45, 7) is 4.69. The predicted molar refractivity (Wildman–Crippen MR) is 120 cm³/mol. The molecule has 0 saturated carbocycles. The highest BCUT2D eigenvalue weighted by Gasteiger charge is 2.39. The Kier molecular flexibility index (Phi) is 2.68. The van der Waals surface area contributed by atoms with Crippen LogP contribution in [0, 0.1) is 0 Å². The van der Waals surface area contributed by atoms with E-state index in [-0.39, 0.29) is 5.41 Å². The molecule has 1 heterocycles. The molecule has 1 nitrogen and oxygen atoms in total. The molecule has 0 aliphatic heterocycles. The maximum atomic E-state index is 6.43. The van der Waals surface area contributed by atoms with Crippen molar-refractivity contribution >= 4 is 21.9 Å². The van der Waals surface area contributed by atoms with Crippen LogP contribution >= 0.6 is 0 Å². The van der Waals surface area contributed by atoms with Crippen LogP contribution in [0.15, 0.2) is 77.2 Å². The summed E-state index contributed by atoms with van der Waals surface area (Å²) in [5.74, 6) is 0. The summed E-state index contributed by atoms with van der Waals surface area (Å²) >= 11 is 0. The first-order valence-electron chi connectivity index (χ1n) is 10.3. The molecule has 0 radical (unpaired) electrons. The smallest absolute Gasteiger partial charge is 0.143 e. The summed E-state index contributed by atoms with van der Waals surface area (Å²) < 4.78 is 6.43. The van der Waals surface area contributed by atoms with Gasteiger partial charge in [0.05, 0.1) is 0 Å². The molecule has 4 aromatic carbocycles. The lowest BCUT2D eigenvalue weighted by atomic mass is 9.81. The summed E-state index contributed by atoms with van der Waals surface area (Å²) in [7, 11) is 0. The van der Waals surface area contributed by atoms with E-state index in [1.54, 1.807) is 0 Å². The van der Waals surface area contributed by atoms with Gasteiger partial charge in [0.25, 0.3) is 0 Å². The van der Waals surface area contributed by atoms with E-state index in [2.05, 4.69) is 80.6 Å². The van der Waals surface area contributed by atoms with Crippen molar-refractivity contribution < 1.29 is 4.42 Å². The van der Waals surface area contributed by atoms with Crippen molar-refractivity contribution in [1.29, 1.82) is 0 Å². The van der Waals surface area contributed by atoms with Crippen molar-refractivity contribution in [2.24, 2.45) is 0 Å². The highest BCUT2D eigenvalue weighted by atomic mass is 16.3. The van der Waals surface area contributed by atoms with Crippen LogP contribution in [0.2, 0.25) is 0 Å². The zero-order chi connectivity index (χ0) is 19.3. The summed E-state index contributed by atoms with van der Waals surface area (Å²) in [6.07, 6.45) is 1.02. The number of fused-ring (bicyclic) bond motifs is 10. The topological polar surface area (TPSA) is 13.1 Å². The van der Waals surface area contributed by atoms with Crippen LogP contribution in [-0.2, 0) is 11.8 Å². The molecule has 0 unspecified atom stereocenters. The fraction of sp³-hybridized carbons (Fsp3) is 0.143. The fourth-order valence-corrected chi connectivity index (χ4v) is 5.63. The van der Waals surface area contributed by atoms with E-state index in [1.165, 1.54) is 55.3 Å². The zero-order valence-electron chi connectivity index (χ0n) is 16.5. The molecule has 2 aliphatic carbocycles. The van der Waals surface area contributed by atoms with E-state index >= 15 is 0 Å². The lowest BCUT2D eigenvalue weighted by molar-refractivity contribution is 0.653. The minimum atomic E-state index is -0.0373. The molecule has 0 saturated heterocycles. The maximum absolute atomic E-state index is 6.43. The fourth-order valence-electron chi connectivity index (χ4n) is 5.63. The van der Waals surface area contributed by atoms with Crippen LogP contribution in [-0.4, -0.2) is 0 Å². The maximum Gasteiger partial charge on any atom is 0.143 e. The van der Waals surface area contributed by atoms with Crippen LogP contribution in [0.3, 0.4) is 0 Å². The third kappa shape index (κ3) is 1.81. The van der Waals surface area contributed by atoms with Gasteiger partial charge in [0.15, 0.2) is 0 Å². The molecule has 29 heavy (non-hydrogen) atoms. The van der Waals surface area contributed by atoms with E-state index in [1.807, 2.05) is 6.07 Å². The van der Waals surface area contributed by atoms with Gasteiger partial charge in [0, 0.05) is 21.8 Å². The molecule has 138 valence electrons. The van der Waals surface area contributed by atoms with E-state index in [4.69, 9.17) is 4.42 Å². The second-order valence-electron chi connectivity index (χ2n) is 8.98. The summed E-state index contributed by atoms with van der Waals surface area (Å²) in [5.41, 5.74) is 13.1. The van der Waals surface area contributed by atoms with Gasteiger partial charge in [0.1, 0.15) is 11.2 Å². The van der Waals surface area contributed by atoms with Gasteiger partial charge in [0.2, 0.25) is 0 Å². The normalized spacial score (nSPS) is 15.4. The lowest BCUT2D eigenvalue weighted by Gasteiger charge is -2.22. The predicted octanol–water partition coefficient (Wildman–Crippen LogP) is 7.46. The van der Waals surface area contributed by atoms with Gasteiger partial charge in [-0.1, -0.05) is 68.4 Å². The molecular formula is C28H20O. The molecular weight excluding hydrogens is 352 g/mol. The van der Waals surface area contributed by atoms with Crippen molar-refractivity contribution in [3.05, 3.63) is 95.1 Å². The van der Waals surface area contributed by atoms with Gasteiger partial charge in [-0.15, -0.1) is 0 Å². The van der Waals surface area contributed by atoms with Crippen molar-refractivity contribution in [2.75, 3.05) is 0 Å². The Labute approximate surface area is 169 Å². The van der Waals surface area contributed by atoms with Gasteiger partial charge < -0.3 is 4.42 Å². The molecule has 0 spiro atoms. The number of para-hydroxylation sites is 1. The second kappa shape index (κ2) is 4.99. The molecule has 7 rings (SSSR count). The third-order valence-corrected chi connectivity index (χ3v) is 7.09. The first-order valence-corrected chi connectivity index (χ1v) is 10.3. The number of hydrogen-bond donors (Lipinski definition) is 0. The highest BCUT2D eigenvalue weighted by Crippen LogP contribution is 2.54.